The fourth-order valence-corrected chi connectivity index (χ4v) is 3.81. The average Bonchev–Trinajstić information content (AvgIpc) is 2.99. The summed E-state index contributed by atoms with van der Waals surface area (Å²) in [6.45, 7) is 8.48. The van der Waals surface area contributed by atoms with E-state index in [0.717, 1.165) is 21.8 Å². The highest BCUT2D eigenvalue weighted by molar-refractivity contribution is 14.1. The summed E-state index contributed by atoms with van der Waals surface area (Å²) in [4.78, 5) is 12.9. The van der Waals surface area contributed by atoms with Gasteiger partial charge in [0.05, 0.1) is 6.33 Å². The number of fused-ring (bicyclic) bond motifs is 1. The molecule has 144 valence electrons. The number of rotatable bonds is 8. The lowest BCUT2D eigenvalue weighted by molar-refractivity contribution is 0.0895. The van der Waals surface area contributed by atoms with Crippen molar-refractivity contribution in [2.45, 2.75) is 39.0 Å². The van der Waals surface area contributed by atoms with Gasteiger partial charge in [0.25, 0.3) is 0 Å². The maximum Gasteiger partial charge on any atom is 0.247 e. The van der Waals surface area contributed by atoms with Gasteiger partial charge in [0.15, 0.2) is 11.2 Å². The highest BCUT2D eigenvalue weighted by Gasteiger charge is 2.15. The molecule has 0 radical (unpaired) electrons. The Morgan fingerprint density at radius 2 is 2.04 bits per heavy atom. The van der Waals surface area contributed by atoms with Gasteiger partial charge in [0.2, 0.25) is 11.8 Å². The molecule has 0 bridgehead atoms. The van der Waals surface area contributed by atoms with Crippen molar-refractivity contribution in [2.75, 3.05) is 12.3 Å². The number of imidazole rings is 1. The highest BCUT2D eigenvalue weighted by atomic mass is 131. The minimum absolute atomic E-state index is 0.156. The van der Waals surface area contributed by atoms with Crippen LogP contribution in [0.25, 0.3) is 11.2 Å². The third-order valence-electron chi connectivity index (χ3n) is 3.94. The summed E-state index contributed by atoms with van der Waals surface area (Å²) >= 11 is 2.27. The molecule has 0 fully saturated rings. The van der Waals surface area contributed by atoms with Gasteiger partial charge in [-0.1, -0.05) is 31.8 Å². The second-order valence-corrected chi connectivity index (χ2v) is 14.4. The highest BCUT2D eigenvalue weighted by Crippen LogP contribution is 2.23. The second-order valence-electron chi connectivity index (χ2n) is 7.54. The summed E-state index contributed by atoms with van der Waals surface area (Å²) in [5.41, 5.74) is 8.14. The van der Waals surface area contributed by atoms with Gasteiger partial charge >= 0.3 is 0 Å². The maximum atomic E-state index is 5.88. The Bertz CT molecular complexity index is 926. The zero-order valence-electron chi connectivity index (χ0n) is 15.8. The lowest BCUT2D eigenvalue weighted by Gasteiger charge is -2.15. The Morgan fingerprint density at radius 3 is 2.78 bits per heavy atom. The van der Waals surface area contributed by atoms with Crippen molar-refractivity contribution < 1.29 is 9.47 Å². The van der Waals surface area contributed by atoms with Gasteiger partial charge in [-0.15, -0.1) is 0 Å². The first-order chi connectivity index (χ1) is 12.8. The summed E-state index contributed by atoms with van der Waals surface area (Å²) in [7, 11) is -1.11. The summed E-state index contributed by atoms with van der Waals surface area (Å²) in [5.74, 6) is 0.543. The number of benzene rings is 1. The van der Waals surface area contributed by atoms with Gasteiger partial charge in [0.1, 0.15) is 13.3 Å². The molecule has 9 heteroatoms. The molecule has 0 amide bonds. The smallest absolute Gasteiger partial charge is 0.247 e. The molecule has 2 aromatic heterocycles. The van der Waals surface area contributed by atoms with Gasteiger partial charge in [-0.3, -0.25) is 4.57 Å². The molecule has 2 N–H and O–H groups in total. The number of nitrogens with zero attached hydrogens (tertiary/aromatic N) is 4. The normalized spacial score (nSPS) is 11.9. The van der Waals surface area contributed by atoms with Gasteiger partial charge in [-0.25, -0.2) is 4.98 Å². The Balaban J connectivity index is 1.72. The number of nitrogen functional groups attached to an aromatic ring is 1. The van der Waals surface area contributed by atoms with E-state index in [9.17, 15) is 0 Å². The first kappa shape index (κ1) is 20.0. The molecular weight excluding hydrogens is 477 g/mol. The molecule has 0 saturated heterocycles. The van der Waals surface area contributed by atoms with Crippen LogP contribution in [0.15, 0.2) is 30.6 Å². The topological polar surface area (TPSA) is 88.1 Å². The van der Waals surface area contributed by atoms with Crippen molar-refractivity contribution in [1.82, 2.24) is 19.5 Å². The summed E-state index contributed by atoms with van der Waals surface area (Å²) < 4.78 is 14.7. The summed E-state index contributed by atoms with van der Waals surface area (Å²) in [6.07, 6.45) is 1.69. The second kappa shape index (κ2) is 8.53. The number of ether oxygens (including phenoxy) is 2. The Morgan fingerprint density at radius 1 is 1.22 bits per heavy atom. The minimum Gasteiger partial charge on any atom is -0.471 e. The maximum absolute atomic E-state index is 5.88. The van der Waals surface area contributed by atoms with Crippen molar-refractivity contribution in [1.29, 1.82) is 0 Å². The number of halogens is 1. The van der Waals surface area contributed by atoms with E-state index >= 15 is 0 Å². The molecule has 0 spiro atoms. The predicted octanol–water partition coefficient (Wildman–Crippen LogP) is 3.90. The van der Waals surface area contributed by atoms with E-state index < -0.39 is 8.07 Å². The van der Waals surface area contributed by atoms with Crippen LogP contribution in [0.1, 0.15) is 5.56 Å². The molecule has 1 aromatic carbocycles. The first-order valence-electron chi connectivity index (χ1n) is 8.75. The number of nitrogens with two attached hydrogens (primary N) is 1. The van der Waals surface area contributed by atoms with Gasteiger partial charge in [0, 0.05) is 18.3 Å². The van der Waals surface area contributed by atoms with Crippen LogP contribution in [-0.4, -0.2) is 34.2 Å². The van der Waals surface area contributed by atoms with Crippen molar-refractivity contribution in [3.05, 3.63) is 39.7 Å². The molecule has 0 atom stereocenters. The molecule has 27 heavy (non-hydrogen) atoms. The number of hydrogen-bond donors (Lipinski definition) is 1. The lowest BCUT2D eigenvalue weighted by atomic mass is 10.2. The standard InChI is InChI=1S/C18H24IN5O2Si/c1-27(2,3)8-7-25-12-24-11-21-15-16(24)22-18(20)23-17(15)26-10-13-5-4-6-14(19)9-13/h4-6,9,11H,7-8,10,12H2,1-3H3,(H2,20,22,23)/i19+4. The van der Waals surface area contributed by atoms with Crippen molar-refractivity contribution in [3.63, 3.8) is 0 Å². The molecule has 3 aromatic rings. The zero-order chi connectivity index (χ0) is 19.4. The monoisotopic (exact) mass is 501 g/mol. The fourth-order valence-electron chi connectivity index (χ4n) is 2.45. The van der Waals surface area contributed by atoms with Crippen LogP contribution in [0.4, 0.5) is 5.95 Å². The van der Waals surface area contributed by atoms with Crippen LogP contribution in [0.5, 0.6) is 5.88 Å². The lowest BCUT2D eigenvalue weighted by Crippen LogP contribution is -2.22. The fraction of sp³-hybridized carbons (Fsp3) is 0.389. The van der Waals surface area contributed by atoms with E-state index in [2.05, 4.69) is 63.3 Å². The van der Waals surface area contributed by atoms with Crippen molar-refractivity contribution in [2.24, 2.45) is 0 Å². The Hall–Kier alpha value is -1.72. The summed E-state index contributed by atoms with van der Waals surface area (Å²) in [5, 5.41) is 0. The molecular formula is C18H24IN5O2Si. The average molecular weight is 501 g/mol. The van der Waals surface area contributed by atoms with Crippen LogP contribution in [-0.2, 0) is 18.1 Å². The van der Waals surface area contributed by atoms with Crippen LogP contribution >= 0.6 is 22.6 Å². The van der Waals surface area contributed by atoms with Crippen LogP contribution < -0.4 is 10.5 Å². The van der Waals surface area contributed by atoms with Gasteiger partial charge in [-0.05, 0) is 46.3 Å². The quantitative estimate of drug-likeness (QED) is 0.286. The molecule has 0 aliphatic rings. The van der Waals surface area contributed by atoms with Crippen LogP contribution in [0.2, 0.25) is 25.7 Å². The van der Waals surface area contributed by atoms with E-state index in [1.807, 2.05) is 22.8 Å². The molecule has 2 heterocycles. The summed E-state index contributed by atoms with van der Waals surface area (Å²) in [6, 6.07) is 9.22. The van der Waals surface area contributed by atoms with Crippen LogP contribution in [0, 0.1) is 3.57 Å². The van der Waals surface area contributed by atoms with Gasteiger partial charge < -0.3 is 15.2 Å². The zero-order valence-corrected chi connectivity index (χ0v) is 18.9. The van der Waals surface area contributed by atoms with E-state index in [1.54, 1.807) is 6.33 Å². The Labute approximate surface area is 173 Å². The molecule has 0 aliphatic carbocycles. The largest absolute Gasteiger partial charge is 0.471 e. The third kappa shape index (κ3) is 5.63. The van der Waals surface area contributed by atoms with E-state index in [-0.39, 0.29) is 5.95 Å². The van der Waals surface area contributed by atoms with Crippen molar-refractivity contribution in [3.8, 4) is 5.88 Å². The van der Waals surface area contributed by atoms with E-state index in [1.165, 1.54) is 0 Å². The molecule has 7 nitrogen and oxygen atoms in total. The predicted molar refractivity (Wildman–Crippen MR) is 117 cm³/mol. The number of aromatic nitrogens is 4. The third-order valence-corrected chi connectivity index (χ3v) is 6.32. The number of hydrogen-bond acceptors (Lipinski definition) is 6. The molecule has 0 saturated carbocycles. The minimum atomic E-state index is -1.11. The van der Waals surface area contributed by atoms with Crippen LogP contribution in [0.3, 0.4) is 0 Å². The van der Waals surface area contributed by atoms with Crippen molar-refractivity contribution >= 4 is 47.8 Å². The molecule has 3 rings (SSSR count). The molecule has 0 unspecified atom stereocenters. The molecule has 0 aliphatic heterocycles. The first-order valence-corrected chi connectivity index (χ1v) is 13.5. The van der Waals surface area contributed by atoms with Gasteiger partial charge in [-0.2, -0.15) is 9.97 Å². The van der Waals surface area contributed by atoms with E-state index in [0.29, 0.717) is 30.4 Å². The Kier molecular flexibility index (Phi) is 6.32. The SMILES string of the molecule is C[Si](C)(C)CCOCn1cnc2c(OCc3cccc([131I])c3)nc(N)nc21. The van der Waals surface area contributed by atoms with E-state index in [4.69, 9.17) is 15.2 Å². The number of anilines is 1.